The Morgan fingerprint density at radius 2 is 2.07 bits per heavy atom. The van der Waals surface area contributed by atoms with Crippen LogP contribution >= 0.6 is 0 Å². The summed E-state index contributed by atoms with van der Waals surface area (Å²) < 4.78 is 1.82. The van der Waals surface area contributed by atoms with Crippen LogP contribution in [0.1, 0.15) is 25.1 Å². The summed E-state index contributed by atoms with van der Waals surface area (Å²) in [5.74, 6) is 1.02. The van der Waals surface area contributed by atoms with Crippen LogP contribution in [0.3, 0.4) is 0 Å². The van der Waals surface area contributed by atoms with Crippen LogP contribution in [0.5, 0.6) is 0 Å². The van der Waals surface area contributed by atoms with Crippen LogP contribution in [0, 0.1) is 13.8 Å². The van der Waals surface area contributed by atoms with Gasteiger partial charge in [-0.15, -0.1) is 0 Å². The quantitative estimate of drug-likeness (QED) is 0.765. The topological polar surface area (TPSA) is 50.1 Å². The van der Waals surface area contributed by atoms with Gasteiger partial charge in [-0.2, -0.15) is 5.10 Å². The number of aromatic nitrogens is 2. The highest BCUT2D eigenvalue weighted by Crippen LogP contribution is 2.18. The van der Waals surface area contributed by atoms with E-state index in [0.717, 1.165) is 17.1 Å². The normalized spacial score (nSPS) is 11.0. The monoisotopic (exact) mass is 197 g/mol. The Bertz CT molecular complexity index is 305. The maximum atomic E-state index is 8.89. The summed E-state index contributed by atoms with van der Waals surface area (Å²) in [7, 11) is 0. The fourth-order valence-electron chi connectivity index (χ4n) is 1.38. The van der Waals surface area contributed by atoms with E-state index in [1.165, 1.54) is 0 Å². The molecule has 1 aromatic heterocycles. The van der Waals surface area contributed by atoms with E-state index >= 15 is 0 Å². The van der Waals surface area contributed by atoms with E-state index in [1.807, 2.05) is 18.5 Å². The van der Waals surface area contributed by atoms with Crippen molar-refractivity contribution >= 4 is 5.82 Å². The second-order valence-corrected chi connectivity index (χ2v) is 3.80. The van der Waals surface area contributed by atoms with Gasteiger partial charge in [0.25, 0.3) is 0 Å². The Balaban J connectivity index is 2.97. The Labute approximate surface area is 84.9 Å². The molecule has 0 radical (unpaired) electrons. The summed E-state index contributed by atoms with van der Waals surface area (Å²) >= 11 is 0. The Morgan fingerprint density at radius 1 is 1.43 bits per heavy atom. The molecule has 1 rings (SSSR count). The lowest BCUT2D eigenvalue weighted by atomic mass is 10.2. The maximum absolute atomic E-state index is 8.89. The van der Waals surface area contributed by atoms with E-state index in [2.05, 4.69) is 24.3 Å². The number of hydrogen-bond donors (Lipinski definition) is 2. The molecular formula is C10H19N3O. The molecule has 14 heavy (non-hydrogen) atoms. The van der Waals surface area contributed by atoms with Gasteiger partial charge in [-0.3, -0.25) is 0 Å². The minimum atomic E-state index is 0.118. The summed E-state index contributed by atoms with van der Waals surface area (Å²) in [6.07, 6.45) is 0. The van der Waals surface area contributed by atoms with Gasteiger partial charge in [0.05, 0.1) is 18.8 Å². The average Bonchev–Trinajstić information content (AvgIpc) is 2.33. The highest BCUT2D eigenvalue weighted by atomic mass is 16.3. The lowest BCUT2D eigenvalue weighted by molar-refractivity contribution is 0.270. The van der Waals surface area contributed by atoms with Crippen LogP contribution in [0.2, 0.25) is 0 Å². The SMILES string of the molecule is Cc1nn(CCO)c(NC(C)C)c1C. The molecular weight excluding hydrogens is 178 g/mol. The maximum Gasteiger partial charge on any atom is 0.127 e. The molecule has 0 fully saturated rings. The second kappa shape index (κ2) is 4.46. The fourth-order valence-corrected chi connectivity index (χ4v) is 1.38. The van der Waals surface area contributed by atoms with Gasteiger partial charge in [0.15, 0.2) is 0 Å². The molecule has 0 unspecified atom stereocenters. The molecule has 4 heteroatoms. The van der Waals surface area contributed by atoms with Crippen LogP contribution in [-0.2, 0) is 6.54 Å². The molecule has 0 amide bonds. The lowest BCUT2D eigenvalue weighted by Crippen LogP contribution is -2.16. The number of aryl methyl sites for hydroxylation is 1. The first-order chi connectivity index (χ1) is 6.56. The lowest BCUT2D eigenvalue weighted by Gasteiger charge is -2.12. The first kappa shape index (κ1) is 11.0. The molecule has 0 aromatic carbocycles. The van der Waals surface area contributed by atoms with Crippen LogP contribution in [0.25, 0.3) is 0 Å². The van der Waals surface area contributed by atoms with E-state index in [4.69, 9.17) is 5.11 Å². The minimum Gasteiger partial charge on any atom is -0.394 e. The Kier molecular flexibility index (Phi) is 3.52. The van der Waals surface area contributed by atoms with Crippen molar-refractivity contribution in [2.45, 2.75) is 40.3 Å². The van der Waals surface area contributed by atoms with Gasteiger partial charge in [0.2, 0.25) is 0 Å². The molecule has 0 spiro atoms. The predicted molar refractivity (Wildman–Crippen MR) is 57.5 cm³/mol. The molecule has 0 bridgehead atoms. The fraction of sp³-hybridized carbons (Fsp3) is 0.700. The summed E-state index contributed by atoms with van der Waals surface area (Å²) in [6, 6.07) is 0.377. The summed E-state index contributed by atoms with van der Waals surface area (Å²) in [4.78, 5) is 0. The largest absolute Gasteiger partial charge is 0.394 e. The number of hydrogen-bond acceptors (Lipinski definition) is 3. The van der Waals surface area contributed by atoms with Crippen molar-refractivity contribution in [3.8, 4) is 0 Å². The zero-order chi connectivity index (χ0) is 10.7. The second-order valence-electron chi connectivity index (χ2n) is 3.80. The number of nitrogens with zero attached hydrogens (tertiary/aromatic N) is 2. The van der Waals surface area contributed by atoms with Gasteiger partial charge >= 0.3 is 0 Å². The van der Waals surface area contributed by atoms with E-state index in [-0.39, 0.29) is 6.61 Å². The molecule has 0 aliphatic carbocycles. The molecule has 0 aliphatic rings. The Hall–Kier alpha value is -1.03. The molecule has 80 valence electrons. The number of aliphatic hydroxyl groups is 1. The van der Waals surface area contributed by atoms with Crippen LogP contribution < -0.4 is 5.32 Å². The van der Waals surface area contributed by atoms with E-state index in [0.29, 0.717) is 12.6 Å². The van der Waals surface area contributed by atoms with Crippen molar-refractivity contribution in [3.63, 3.8) is 0 Å². The van der Waals surface area contributed by atoms with Crippen molar-refractivity contribution in [3.05, 3.63) is 11.3 Å². The van der Waals surface area contributed by atoms with Crippen molar-refractivity contribution in [1.29, 1.82) is 0 Å². The third-order valence-corrected chi connectivity index (χ3v) is 2.16. The number of nitrogens with one attached hydrogen (secondary N) is 1. The number of aliphatic hydroxyl groups excluding tert-OH is 1. The zero-order valence-corrected chi connectivity index (χ0v) is 9.33. The van der Waals surface area contributed by atoms with Crippen LogP contribution in [0.15, 0.2) is 0 Å². The molecule has 2 N–H and O–H groups in total. The summed E-state index contributed by atoms with van der Waals surface area (Å²) in [5.41, 5.74) is 2.17. The van der Waals surface area contributed by atoms with Crippen LogP contribution in [0.4, 0.5) is 5.82 Å². The van der Waals surface area contributed by atoms with E-state index in [9.17, 15) is 0 Å². The summed E-state index contributed by atoms with van der Waals surface area (Å²) in [6.45, 7) is 8.86. The predicted octanol–water partition coefficient (Wildman–Crippen LogP) is 1.31. The van der Waals surface area contributed by atoms with E-state index in [1.54, 1.807) is 0 Å². The van der Waals surface area contributed by atoms with Crippen molar-refractivity contribution < 1.29 is 5.11 Å². The van der Waals surface area contributed by atoms with Gasteiger partial charge < -0.3 is 10.4 Å². The van der Waals surface area contributed by atoms with Gasteiger partial charge in [0, 0.05) is 11.6 Å². The zero-order valence-electron chi connectivity index (χ0n) is 9.33. The third kappa shape index (κ3) is 2.26. The van der Waals surface area contributed by atoms with Crippen molar-refractivity contribution in [2.24, 2.45) is 0 Å². The van der Waals surface area contributed by atoms with Crippen molar-refractivity contribution in [2.75, 3.05) is 11.9 Å². The third-order valence-electron chi connectivity index (χ3n) is 2.16. The van der Waals surface area contributed by atoms with Gasteiger partial charge in [-0.1, -0.05) is 0 Å². The summed E-state index contributed by atoms with van der Waals surface area (Å²) in [5, 5.41) is 16.6. The van der Waals surface area contributed by atoms with Gasteiger partial charge in [0.1, 0.15) is 5.82 Å². The van der Waals surface area contributed by atoms with E-state index < -0.39 is 0 Å². The minimum absolute atomic E-state index is 0.118. The molecule has 0 saturated heterocycles. The van der Waals surface area contributed by atoms with Crippen LogP contribution in [-0.4, -0.2) is 27.5 Å². The molecule has 1 aromatic rings. The molecule has 4 nitrogen and oxygen atoms in total. The number of anilines is 1. The first-order valence-corrected chi connectivity index (χ1v) is 4.97. The molecule has 1 heterocycles. The highest BCUT2D eigenvalue weighted by molar-refractivity contribution is 5.47. The molecule has 0 aliphatic heterocycles. The molecule has 0 saturated carbocycles. The van der Waals surface area contributed by atoms with Crippen molar-refractivity contribution in [1.82, 2.24) is 9.78 Å². The average molecular weight is 197 g/mol. The molecule has 0 atom stereocenters. The van der Waals surface area contributed by atoms with Gasteiger partial charge in [-0.05, 0) is 27.7 Å². The Morgan fingerprint density at radius 3 is 2.57 bits per heavy atom. The highest BCUT2D eigenvalue weighted by Gasteiger charge is 2.11. The smallest absolute Gasteiger partial charge is 0.127 e. The van der Waals surface area contributed by atoms with Gasteiger partial charge in [-0.25, -0.2) is 4.68 Å². The number of rotatable bonds is 4. The first-order valence-electron chi connectivity index (χ1n) is 4.97. The standard InChI is InChI=1S/C10H19N3O/c1-7(2)11-10-8(3)9(4)12-13(10)5-6-14/h7,11,14H,5-6H2,1-4H3.